The summed E-state index contributed by atoms with van der Waals surface area (Å²) in [5, 5.41) is 6.14. The molecule has 2 N–H and O–H groups in total. The second kappa shape index (κ2) is 9.71. The number of aryl methyl sites for hydroxylation is 1. The van der Waals surface area contributed by atoms with Crippen LogP contribution in [0.2, 0.25) is 0 Å². The number of nitrogens with one attached hydrogen (secondary N) is 2. The second-order valence-corrected chi connectivity index (χ2v) is 12.4. The Hall–Kier alpha value is -3.17. The van der Waals surface area contributed by atoms with Gasteiger partial charge < -0.3 is 10.6 Å². The number of fused-ring (bicyclic) bond motifs is 2. The number of sulfonamides is 1. The van der Waals surface area contributed by atoms with Crippen molar-refractivity contribution < 1.29 is 18.0 Å². The number of hydrogen-bond donors (Lipinski definition) is 2. The third-order valence-electron chi connectivity index (χ3n) is 6.96. The van der Waals surface area contributed by atoms with Crippen molar-refractivity contribution in [2.24, 2.45) is 5.92 Å². The van der Waals surface area contributed by atoms with E-state index < -0.39 is 10.0 Å². The zero-order chi connectivity index (χ0) is 25.4. The minimum absolute atomic E-state index is 0.141. The molecule has 0 bridgehead atoms. The minimum Gasteiger partial charge on any atom is -0.355 e. The van der Waals surface area contributed by atoms with Gasteiger partial charge in [-0.2, -0.15) is 0 Å². The lowest BCUT2D eigenvalue weighted by Crippen LogP contribution is -2.35. The number of anilines is 2. The summed E-state index contributed by atoms with van der Waals surface area (Å²) in [5.41, 5.74) is 3.62. The van der Waals surface area contributed by atoms with Crippen molar-refractivity contribution in [1.82, 2.24) is 5.32 Å². The fourth-order valence-corrected chi connectivity index (χ4v) is 7.98. The average molecular weight is 524 g/mol. The topological polar surface area (TPSA) is 95.6 Å². The Morgan fingerprint density at radius 2 is 1.78 bits per heavy atom. The number of benzene rings is 2. The third kappa shape index (κ3) is 4.41. The van der Waals surface area contributed by atoms with Crippen LogP contribution in [0.4, 0.5) is 10.7 Å². The van der Waals surface area contributed by atoms with Crippen molar-refractivity contribution in [1.29, 1.82) is 0 Å². The summed E-state index contributed by atoms with van der Waals surface area (Å²) in [4.78, 5) is 27.0. The molecule has 5 rings (SSSR count). The van der Waals surface area contributed by atoms with Gasteiger partial charge in [-0.15, -0.1) is 11.3 Å². The van der Waals surface area contributed by atoms with Gasteiger partial charge in [-0.05, 0) is 79.5 Å². The molecule has 2 heterocycles. The molecule has 36 heavy (non-hydrogen) atoms. The Kier molecular flexibility index (Phi) is 6.61. The molecule has 2 amide bonds. The molecule has 0 saturated heterocycles. The van der Waals surface area contributed by atoms with Crippen LogP contribution in [0.5, 0.6) is 0 Å². The summed E-state index contributed by atoms with van der Waals surface area (Å²) in [5.74, 6) is -0.0433. The molecule has 1 aliphatic heterocycles. The Morgan fingerprint density at radius 3 is 2.53 bits per heavy atom. The van der Waals surface area contributed by atoms with Gasteiger partial charge in [-0.25, -0.2) is 8.42 Å². The first-order valence-corrected chi connectivity index (χ1v) is 14.4. The molecule has 0 spiro atoms. The van der Waals surface area contributed by atoms with E-state index in [0.717, 1.165) is 48.1 Å². The molecule has 2 aromatic carbocycles. The standard InChI is InChI=1S/C27H29N3O4S2/c1-17-9-14-21-23(16-17)35-27(24(21)26(32)28-2)29-25(31)19-10-12-20(13-11-19)36(33,34)30-15-5-7-18-6-3-4-8-22(18)30/h3-4,6,8,10-13,17H,5,7,9,14-16H2,1-2H3,(H,28,32)(H,29,31). The molecule has 1 atom stereocenters. The van der Waals surface area contributed by atoms with Crippen LogP contribution in [0.25, 0.3) is 0 Å². The van der Waals surface area contributed by atoms with Crippen LogP contribution >= 0.6 is 11.3 Å². The maximum atomic E-state index is 13.4. The van der Waals surface area contributed by atoms with Gasteiger partial charge in [0.1, 0.15) is 5.00 Å². The second-order valence-electron chi connectivity index (χ2n) is 9.42. The smallest absolute Gasteiger partial charge is 0.264 e. The van der Waals surface area contributed by atoms with E-state index in [9.17, 15) is 18.0 Å². The lowest BCUT2D eigenvalue weighted by molar-refractivity contribution is 0.0963. The largest absolute Gasteiger partial charge is 0.355 e. The fourth-order valence-electron chi connectivity index (χ4n) is 5.03. The number of carbonyl (C=O) groups excluding carboxylic acids is 2. The zero-order valence-corrected chi connectivity index (χ0v) is 22.0. The van der Waals surface area contributed by atoms with Gasteiger partial charge in [0, 0.05) is 24.0 Å². The highest BCUT2D eigenvalue weighted by atomic mass is 32.2. The maximum Gasteiger partial charge on any atom is 0.264 e. The minimum atomic E-state index is -3.75. The van der Waals surface area contributed by atoms with Gasteiger partial charge in [-0.3, -0.25) is 13.9 Å². The lowest BCUT2D eigenvalue weighted by atomic mass is 9.88. The predicted octanol–water partition coefficient (Wildman–Crippen LogP) is 4.63. The molecular formula is C27H29N3O4S2. The molecule has 0 saturated carbocycles. The van der Waals surface area contributed by atoms with E-state index in [1.54, 1.807) is 7.05 Å². The predicted molar refractivity (Wildman–Crippen MR) is 143 cm³/mol. The van der Waals surface area contributed by atoms with Crippen molar-refractivity contribution >= 4 is 43.9 Å². The van der Waals surface area contributed by atoms with Gasteiger partial charge in [0.2, 0.25) is 0 Å². The number of carbonyl (C=O) groups is 2. The van der Waals surface area contributed by atoms with Crippen LogP contribution < -0.4 is 14.9 Å². The Balaban J connectivity index is 1.39. The van der Waals surface area contributed by atoms with Crippen LogP contribution in [-0.4, -0.2) is 33.8 Å². The lowest BCUT2D eigenvalue weighted by Gasteiger charge is -2.30. The van der Waals surface area contributed by atoms with Gasteiger partial charge in [0.25, 0.3) is 21.8 Å². The number of hydrogen-bond acceptors (Lipinski definition) is 5. The van der Waals surface area contributed by atoms with Crippen LogP contribution in [0.3, 0.4) is 0 Å². The van der Waals surface area contributed by atoms with Gasteiger partial charge >= 0.3 is 0 Å². The highest BCUT2D eigenvalue weighted by molar-refractivity contribution is 7.92. The Morgan fingerprint density at radius 1 is 1.03 bits per heavy atom. The van der Waals surface area contributed by atoms with E-state index in [-0.39, 0.29) is 16.7 Å². The first-order valence-electron chi connectivity index (χ1n) is 12.2. The van der Waals surface area contributed by atoms with Crippen molar-refractivity contribution in [2.45, 2.75) is 43.9 Å². The van der Waals surface area contributed by atoms with Crippen LogP contribution in [-0.2, 0) is 29.3 Å². The summed E-state index contributed by atoms with van der Waals surface area (Å²) >= 11 is 1.46. The number of nitrogens with zero attached hydrogens (tertiary/aromatic N) is 1. The van der Waals surface area contributed by atoms with Crippen molar-refractivity contribution in [3.05, 3.63) is 75.7 Å². The maximum absolute atomic E-state index is 13.4. The summed E-state index contributed by atoms with van der Waals surface area (Å²) in [6.45, 7) is 2.62. The fraction of sp³-hybridized carbons (Fsp3) is 0.333. The van der Waals surface area contributed by atoms with Gasteiger partial charge in [0.05, 0.1) is 16.1 Å². The molecule has 1 unspecified atom stereocenters. The first kappa shape index (κ1) is 24.5. The van der Waals surface area contributed by atoms with Gasteiger partial charge in [0.15, 0.2) is 0 Å². The molecule has 1 aliphatic carbocycles. The van der Waals surface area contributed by atoms with E-state index in [2.05, 4.69) is 17.6 Å². The summed E-state index contributed by atoms with van der Waals surface area (Å²) in [6, 6.07) is 13.5. The normalized spacial score (nSPS) is 17.2. The third-order valence-corrected chi connectivity index (χ3v) is 9.96. The summed E-state index contributed by atoms with van der Waals surface area (Å²) in [7, 11) is -2.17. The number of rotatable bonds is 5. The molecule has 0 radical (unpaired) electrons. The monoisotopic (exact) mass is 523 g/mol. The van der Waals surface area contributed by atoms with Crippen molar-refractivity contribution in [2.75, 3.05) is 23.2 Å². The molecule has 0 fully saturated rings. The number of thiophene rings is 1. The first-order chi connectivity index (χ1) is 17.3. The molecule has 9 heteroatoms. The van der Waals surface area contributed by atoms with Crippen LogP contribution in [0, 0.1) is 5.92 Å². The molecule has 188 valence electrons. The van der Waals surface area contributed by atoms with Crippen molar-refractivity contribution in [3.63, 3.8) is 0 Å². The van der Waals surface area contributed by atoms with E-state index in [4.69, 9.17) is 0 Å². The number of amides is 2. The molecular weight excluding hydrogens is 494 g/mol. The molecule has 1 aromatic heterocycles. The highest BCUT2D eigenvalue weighted by Gasteiger charge is 2.30. The molecule has 7 nitrogen and oxygen atoms in total. The van der Waals surface area contributed by atoms with Crippen molar-refractivity contribution in [3.8, 4) is 0 Å². The number of para-hydroxylation sites is 1. The summed E-state index contributed by atoms with van der Waals surface area (Å²) in [6.07, 6.45) is 4.33. The quantitative estimate of drug-likeness (QED) is 0.510. The molecule has 2 aliphatic rings. The van der Waals surface area contributed by atoms with Crippen LogP contribution in [0.1, 0.15) is 56.5 Å². The summed E-state index contributed by atoms with van der Waals surface area (Å²) < 4.78 is 28.2. The van der Waals surface area contributed by atoms with Gasteiger partial charge in [-0.1, -0.05) is 25.1 Å². The van der Waals surface area contributed by atoms with Crippen LogP contribution in [0.15, 0.2) is 53.4 Å². The average Bonchev–Trinajstić information content (AvgIpc) is 3.24. The van der Waals surface area contributed by atoms with E-state index >= 15 is 0 Å². The highest BCUT2D eigenvalue weighted by Crippen LogP contribution is 2.40. The SMILES string of the molecule is CNC(=O)c1c(NC(=O)c2ccc(S(=O)(=O)N3CCCc4ccccc43)cc2)sc2c1CCC(C)C2. The van der Waals surface area contributed by atoms with E-state index in [1.165, 1.54) is 39.9 Å². The van der Waals surface area contributed by atoms with E-state index in [1.807, 2.05) is 24.3 Å². The Bertz CT molecular complexity index is 1430. The zero-order valence-electron chi connectivity index (χ0n) is 20.3. The Labute approximate surface area is 215 Å². The molecule has 3 aromatic rings. The van der Waals surface area contributed by atoms with E-state index in [0.29, 0.717) is 34.3 Å².